The summed E-state index contributed by atoms with van der Waals surface area (Å²) in [5.41, 5.74) is 0. The summed E-state index contributed by atoms with van der Waals surface area (Å²) >= 11 is 1.69. The van der Waals surface area contributed by atoms with E-state index in [2.05, 4.69) is 29.4 Å². The van der Waals surface area contributed by atoms with E-state index in [1.54, 1.807) is 11.3 Å². The molecule has 21 heavy (non-hydrogen) atoms. The molecule has 0 amide bonds. The average Bonchev–Trinajstić information content (AvgIpc) is 2.98. The molecule has 0 spiro atoms. The molecule has 0 aliphatic heterocycles. The van der Waals surface area contributed by atoms with Gasteiger partial charge in [-0.15, -0.1) is 10.2 Å². The number of ether oxygens (including phenoxy) is 1. The number of hydrogen-bond acceptors (Lipinski definition) is 5. The van der Waals surface area contributed by atoms with E-state index >= 15 is 0 Å². The summed E-state index contributed by atoms with van der Waals surface area (Å²) in [5, 5.41) is 14.2. The molecule has 114 valence electrons. The van der Waals surface area contributed by atoms with Gasteiger partial charge in [-0.25, -0.2) is 0 Å². The number of benzene rings is 1. The van der Waals surface area contributed by atoms with Crippen molar-refractivity contribution in [3.8, 4) is 5.75 Å². The normalized spacial score (nSPS) is 12.3. The zero-order chi connectivity index (χ0) is 14.9. The molecule has 1 aromatic heterocycles. The van der Waals surface area contributed by atoms with Gasteiger partial charge >= 0.3 is 0 Å². The first-order valence-electron chi connectivity index (χ1n) is 7.57. The Labute approximate surface area is 130 Å². The molecule has 2 rings (SSSR count). The summed E-state index contributed by atoms with van der Waals surface area (Å²) in [6.07, 6.45) is 2.97. The molecule has 1 heterocycles. The van der Waals surface area contributed by atoms with Crippen LogP contribution in [0.2, 0.25) is 0 Å². The number of hydrogen-bond donors (Lipinski definition) is 1. The van der Waals surface area contributed by atoms with Crippen LogP contribution < -0.4 is 10.1 Å². The van der Waals surface area contributed by atoms with E-state index in [-0.39, 0.29) is 0 Å². The van der Waals surface area contributed by atoms with Gasteiger partial charge in [0, 0.05) is 6.42 Å². The van der Waals surface area contributed by atoms with Crippen LogP contribution in [0.25, 0.3) is 0 Å². The molecule has 0 bridgehead atoms. The Kier molecular flexibility index (Phi) is 6.63. The van der Waals surface area contributed by atoms with E-state index in [9.17, 15) is 0 Å². The van der Waals surface area contributed by atoms with Crippen molar-refractivity contribution in [3.05, 3.63) is 40.3 Å². The topological polar surface area (TPSA) is 47.0 Å². The van der Waals surface area contributed by atoms with E-state index < -0.39 is 0 Å². The first kappa shape index (κ1) is 15.9. The zero-order valence-electron chi connectivity index (χ0n) is 12.7. The fourth-order valence-electron chi connectivity index (χ4n) is 2.01. The van der Waals surface area contributed by atoms with Crippen molar-refractivity contribution >= 4 is 11.3 Å². The highest BCUT2D eigenvalue weighted by atomic mass is 32.1. The highest BCUT2D eigenvalue weighted by Crippen LogP contribution is 2.21. The van der Waals surface area contributed by atoms with Crippen molar-refractivity contribution in [2.24, 2.45) is 0 Å². The predicted molar refractivity (Wildman–Crippen MR) is 86.9 cm³/mol. The van der Waals surface area contributed by atoms with E-state index in [4.69, 9.17) is 4.74 Å². The lowest BCUT2D eigenvalue weighted by molar-refractivity contribution is 0.321. The molecule has 1 unspecified atom stereocenters. The zero-order valence-corrected chi connectivity index (χ0v) is 13.5. The van der Waals surface area contributed by atoms with Crippen molar-refractivity contribution < 1.29 is 4.74 Å². The SMILES string of the molecule is CCCNC(CC)c1nnc(CCOc2ccccc2)s1. The van der Waals surface area contributed by atoms with Crippen LogP contribution in [0.3, 0.4) is 0 Å². The summed E-state index contributed by atoms with van der Waals surface area (Å²) in [5.74, 6) is 0.901. The van der Waals surface area contributed by atoms with Crippen LogP contribution in [0.1, 0.15) is 42.7 Å². The third-order valence-electron chi connectivity index (χ3n) is 3.16. The van der Waals surface area contributed by atoms with Crippen LogP contribution in [0.4, 0.5) is 0 Å². The second-order valence-electron chi connectivity index (χ2n) is 4.86. The quantitative estimate of drug-likeness (QED) is 0.769. The largest absolute Gasteiger partial charge is 0.493 e. The average molecular weight is 305 g/mol. The fourth-order valence-corrected chi connectivity index (χ4v) is 2.99. The first-order chi connectivity index (χ1) is 10.3. The van der Waals surface area contributed by atoms with E-state index in [0.29, 0.717) is 12.6 Å². The maximum Gasteiger partial charge on any atom is 0.134 e. The lowest BCUT2D eigenvalue weighted by Crippen LogP contribution is -2.21. The van der Waals surface area contributed by atoms with Crippen LogP contribution in [-0.2, 0) is 6.42 Å². The van der Waals surface area contributed by atoms with Crippen LogP contribution in [0, 0.1) is 0 Å². The van der Waals surface area contributed by atoms with Crippen molar-refractivity contribution in [2.75, 3.05) is 13.2 Å². The molecular weight excluding hydrogens is 282 g/mol. The fraction of sp³-hybridized carbons (Fsp3) is 0.500. The van der Waals surface area contributed by atoms with Crippen molar-refractivity contribution in [3.63, 3.8) is 0 Å². The summed E-state index contributed by atoms with van der Waals surface area (Å²) in [6.45, 7) is 6.00. The van der Waals surface area contributed by atoms with E-state index in [0.717, 1.165) is 41.6 Å². The Morgan fingerprint density at radius 2 is 2.00 bits per heavy atom. The van der Waals surface area contributed by atoms with Crippen LogP contribution in [0.5, 0.6) is 5.75 Å². The molecular formula is C16H23N3OS. The van der Waals surface area contributed by atoms with Crippen LogP contribution in [0.15, 0.2) is 30.3 Å². The molecule has 0 saturated carbocycles. The van der Waals surface area contributed by atoms with Gasteiger partial charge in [-0.3, -0.25) is 0 Å². The van der Waals surface area contributed by atoms with E-state index in [1.807, 2.05) is 30.3 Å². The van der Waals surface area contributed by atoms with Gasteiger partial charge in [0.1, 0.15) is 15.8 Å². The third kappa shape index (κ3) is 5.10. The van der Waals surface area contributed by atoms with Gasteiger partial charge in [-0.1, -0.05) is 43.4 Å². The van der Waals surface area contributed by atoms with Gasteiger partial charge in [0.25, 0.3) is 0 Å². The highest BCUT2D eigenvalue weighted by Gasteiger charge is 2.14. The predicted octanol–water partition coefficient (Wildman–Crippen LogP) is 3.61. The number of rotatable bonds is 9. The maximum absolute atomic E-state index is 5.69. The standard InChI is InChI=1S/C16H23N3OS/c1-3-11-17-14(4-2)16-19-18-15(21-16)10-12-20-13-8-6-5-7-9-13/h5-9,14,17H,3-4,10-12H2,1-2H3. The Bertz CT molecular complexity index is 515. The second-order valence-corrected chi connectivity index (χ2v) is 5.95. The molecule has 0 fully saturated rings. The smallest absolute Gasteiger partial charge is 0.134 e. The van der Waals surface area contributed by atoms with Gasteiger partial charge < -0.3 is 10.1 Å². The molecule has 0 aliphatic rings. The summed E-state index contributed by atoms with van der Waals surface area (Å²) in [4.78, 5) is 0. The lowest BCUT2D eigenvalue weighted by atomic mass is 10.2. The van der Waals surface area contributed by atoms with E-state index in [1.165, 1.54) is 0 Å². The van der Waals surface area contributed by atoms with Crippen molar-refractivity contribution in [2.45, 2.75) is 39.2 Å². The Morgan fingerprint density at radius 3 is 2.71 bits per heavy atom. The molecule has 1 aromatic carbocycles. The number of nitrogens with one attached hydrogen (secondary N) is 1. The molecule has 0 saturated heterocycles. The molecule has 1 atom stereocenters. The van der Waals surface area contributed by atoms with Gasteiger partial charge in [0.15, 0.2) is 0 Å². The summed E-state index contributed by atoms with van der Waals surface area (Å²) in [6, 6.07) is 10.2. The Morgan fingerprint density at radius 1 is 1.19 bits per heavy atom. The Hall–Kier alpha value is -1.46. The molecule has 0 aliphatic carbocycles. The summed E-state index contributed by atoms with van der Waals surface area (Å²) in [7, 11) is 0. The number of nitrogens with zero attached hydrogens (tertiary/aromatic N) is 2. The minimum absolute atomic E-state index is 0.325. The summed E-state index contributed by atoms with van der Waals surface area (Å²) < 4.78 is 5.69. The van der Waals surface area contributed by atoms with Gasteiger partial charge in [-0.05, 0) is 31.5 Å². The maximum atomic E-state index is 5.69. The minimum Gasteiger partial charge on any atom is -0.493 e. The molecule has 0 radical (unpaired) electrons. The van der Waals surface area contributed by atoms with Crippen LogP contribution >= 0.6 is 11.3 Å². The number of para-hydroxylation sites is 1. The second kappa shape index (κ2) is 8.74. The van der Waals surface area contributed by atoms with Gasteiger partial charge in [0.2, 0.25) is 0 Å². The minimum atomic E-state index is 0.325. The van der Waals surface area contributed by atoms with Gasteiger partial charge in [0.05, 0.1) is 12.6 Å². The number of aromatic nitrogens is 2. The van der Waals surface area contributed by atoms with Crippen molar-refractivity contribution in [1.82, 2.24) is 15.5 Å². The molecule has 2 aromatic rings. The third-order valence-corrected chi connectivity index (χ3v) is 4.25. The molecule has 5 heteroatoms. The highest BCUT2D eigenvalue weighted by molar-refractivity contribution is 7.11. The first-order valence-corrected chi connectivity index (χ1v) is 8.38. The van der Waals surface area contributed by atoms with Crippen LogP contribution in [-0.4, -0.2) is 23.3 Å². The molecule has 4 nitrogen and oxygen atoms in total. The van der Waals surface area contributed by atoms with Crippen molar-refractivity contribution in [1.29, 1.82) is 0 Å². The molecule has 1 N–H and O–H groups in total. The lowest BCUT2D eigenvalue weighted by Gasteiger charge is -2.12. The monoisotopic (exact) mass is 305 g/mol. The van der Waals surface area contributed by atoms with Gasteiger partial charge in [-0.2, -0.15) is 0 Å². The Balaban J connectivity index is 1.82.